The van der Waals surface area contributed by atoms with Gasteiger partial charge in [0, 0.05) is 18.8 Å². The van der Waals surface area contributed by atoms with E-state index in [0.717, 1.165) is 25.6 Å². The number of rotatable bonds is 4. The molecule has 2 heteroatoms. The first-order valence-electron chi connectivity index (χ1n) is 7.14. The lowest BCUT2D eigenvalue weighted by Gasteiger charge is -2.18. The molecule has 1 unspecified atom stereocenters. The maximum atomic E-state index is 3.63. The van der Waals surface area contributed by atoms with E-state index in [1.807, 2.05) is 0 Å². The SMILES string of the molecule is C1=CCC(CNCc2cccc3c2NCC3)CC1. The zero-order chi connectivity index (χ0) is 12.2. The molecule has 0 aromatic heterocycles. The average Bonchev–Trinajstić information content (AvgIpc) is 2.89. The Hall–Kier alpha value is -1.28. The largest absolute Gasteiger partial charge is 0.384 e. The summed E-state index contributed by atoms with van der Waals surface area (Å²) in [6.07, 6.45) is 9.67. The molecule has 0 radical (unpaired) electrons. The van der Waals surface area contributed by atoms with Crippen LogP contribution in [0.1, 0.15) is 30.4 Å². The molecule has 1 aliphatic carbocycles. The molecule has 1 aromatic carbocycles. The van der Waals surface area contributed by atoms with E-state index in [-0.39, 0.29) is 0 Å². The van der Waals surface area contributed by atoms with Crippen LogP contribution in [0.3, 0.4) is 0 Å². The first-order chi connectivity index (χ1) is 8.93. The summed E-state index contributed by atoms with van der Waals surface area (Å²) in [5, 5.41) is 7.13. The average molecular weight is 242 g/mol. The Kier molecular flexibility index (Phi) is 3.65. The third-order valence-electron chi connectivity index (χ3n) is 4.06. The summed E-state index contributed by atoms with van der Waals surface area (Å²) in [6.45, 7) is 3.24. The molecule has 96 valence electrons. The molecule has 18 heavy (non-hydrogen) atoms. The van der Waals surface area contributed by atoms with E-state index >= 15 is 0 Å². The predicted molar refractivity (Wildman–Crippen MR) is 76.8 cm³/mol. The van der Waals surface area contributed by atoms with Crippen LogP contribution in [0.4, 0.5) is 5.69 Å². The van der Waals surface area contributed by atoms with Gasteiger partial charge in [0.2, 0.25) is 0 Å². The minimum atomic E-state index is 0.833. The van der Waals surface area contributed by atoms with Gasteiger partial charge in [0.05, 0.1) is 0 Å². The lowest BCUT2D eigenvalue weighted by molar-refractivity contribution is 0.440. The summed E-state index contributed by atoms with van der Waals surface area (Å²) in [5.41, 5.74) is 4.29. The number of para-hydroxylation sites is 1. The summed E-state index contributed by atoms with van der Waals surface area (Å²) >= 11 is 0. The van der Waals surface area contributed by atoms with Crippen LogP contribution in [-0.4, -0.2) is 13.1 Å². The van der Waals surface area contributed by atoms with Crippen molar-refractivity contribution < 1.29 is 0 Å². The highest BCUT2D eigenvalue weighted by Crippen LogP contribution is 2.26. The van der Waals surface area contributed by atoms with E-state index in [1.165, 1.54) is 42.5 Å². The van der Waals surface area contributed by atoms with Crippen molar-refractivity contribution in [3.8, 4) is 0 Å². The third-order valence-corrected chi connectivity index (χ3v) is 4.06. The molecular weight excluding hydrogens is 220 g/mol. The van der Waals surface area contributed by atoms with Crippen molar-refractivity contribution in [3.63, 3.8) is 0 Å². The van der Waals surface area contributed by atoms with Gasteiger partial charge < -0.3 is 10.6 Å². The lowest BCUT2D eigenvalue weighted by atomic mass is 9.94. The highest BCUT2D eigenvalue weighted by atomic mass is 14.9. The Bertz CT molecular complexity index is 437. The fourth-order valence-electron chi connectivity index (χ4n) is 3.01. The molecular formula is C16H22N2. The number of benzene rings is 1. The fraction of sp³-hybridized carbons (Fsp3) is 0.500. The van der Waals surface area contributed by atoms with Crippen LogP contribution in [0.15, 0.2) is 30.4 Å². The second-order valence-electron chi connectivity index (χ2n) is 5.41. The van der Waals surface area contributed by atoms with E-state index in [1.54, 1.807) is 0 Å². The lowest BCUT2D eigenvalue weighted by Crippen LogP contribution is -2.23. The Morgan fingerprint density at radius 3 is 3.17 bits per heavy atom. The molecule has 0 spiro atoms. The molecule has 0 saturated carbocycles. The summed E-state index contributed by atoms with van der Waals surface area (Å²) in [6, 6.07) is 6.67. The molecule has 1 heterocycles. The maximum Gasteiger partial charge on any atom is 0.0419 e. The van der Waals surface area contributed by atoms with Crippen LogP contribution in [0.5, 0.6) is 0 Å². The van der Waals surface area contributed by atoms with Gasteiger partial charge in [0.1, 0.15) is 0 Å². The van der Waals surface area contributed by atoms with Gasteiger partial charge in [0.25, 0.3) is 0 Å². The van der Waals surface area contributed by atoms with Crippen LogP contribution >= 0.6 is 0 Å². The van der Waals surface area contributed by atoms with Crippen LogP contribution in [0, 0.1) is 5.92 Å². The molecule has 2 nitrogen and oxygen atoms in total. The zero-order valence-corrected chi connectivity index (χ0v) is 10.9. The predicted octanol–water partition coefficient (Wildman–Crippen LogP) is 3.10. The van der Waals surface area contributed by atoms with Gasteiger partial charge in [-0.1, -0.05) is 30.4 Å². The summed E-state index contributed by atoms with van der Waals surface area (Å²) in [4.78, 5) is 0. The van der Waals surface area contributed by atoms with E-state index in [2.05, 4.69) is 41.0 Å². The first-order valence-corrected chi connectivity index (χ1v) is 7.14. The smallest absolute Gasteiger partial charge is 0.0419 e. The van der Waals surface area contributed by atoms with Gasteiger partial charge in [-0.15, -0.1) is 0 Å². The summed E-state index contributed by atoms with van der Waals surface area (Å²) in [5.74, 6) is 0.833. The third kappa shape index (κ3) is 2.59. The minimum absolute atomic E-state index is 0.833. The number of fused-ring (bicyclic) bond motifs is 1. The topological polar surface area (TPSA) is 24.1 Å². The summed E-state index contributed by atoms with van der Waals surface area (Å²) < 4.78 is 0. The van der Waals surface area contributed by atoms with E-state index in [4.69, 9.17) is 0 Å². The van der Waals surface area contributed by atoms with Crippen molar-refractivity contribution in [2.45, 2.75) is 32.2 Å². The number of allylic oxidation sites excluding steroid dienone is 2. The number of nitrogens with one attached hydrogen (secondary N) is 2. The Morgan fingerprint density at radius 1 is 1.28 bits per heavy atom. The Balaban J connectivity index is 1.54. The molecule has 2 aliphatic rings. The molecule has 1 aliphatic heterocycles. The number of hydrogen-bond donors (Lipinski definition) is 2. The van der Waals surface area contributed by atoms with Gasteiger partial charge in [-0.2, -0.15) is 0 Å². The van der Waals surface area contributed by atoms with Gasteiger partial charge in [-0.3, -0.25) is 0 Å². The van der Waals surface area contributed by atoms with Crippen LogP contribution < -0.4 is 10.6 Å². The minimum Gasteiger partial charge on any atom is -0.384 e. The van der Waals surface area contributed by atoms with Gasteiger partial charge in [0.15, 0.2) is 0 Å². The van der Waals surface area contributed by atoms with Crippen molar-refractivity contribution >= 4 is 5.69 Å². The summed E-state index contributed by atoms with van der Waals surface area (Å²) in [7, 11) is 0. The van der Waals surface area contributed by atoms with Gasteiger partial charge in [-0.05, 0) is 49.3 Å². The fourth-order valence-corrected chi connectivity index (χ4v) is 3.01. The standard InChI is InChI=1S/C16H22N2/c1-2-5-13(6-3-1)11-17-12-15-8-4-7-14-9-10-18-16(14)15/h1-2,4,7-8,13,17-18H,3,5-6,9-12H2. The molecule has 1 aromatic rings. The van der Waals surface area contributed by atoms with Crippen molar-refractivity contribution in [2.24, 2.45) is 5.92 Å². The van der Waals surface area contributed by atoms with E-state index in [9.17, 15) is 0 Å². The first kappa shape index (κ1) is 11.8. The quantitative estimate of drug-likeness (QED) is 0.793. The highest BCUT2D eigenvalue weighted by Gasteiger charge is 2.14. The van der Waals surface area contributed by atoms with Crippen LogP contribution in [0.25, 0.3) is 0 Å². The van der Waals surface area contributed by atoms with Crippen LogP contribution in [0.2, 0.25) is 0 Å². The van der Waals surface area contributed by atoms with E-state index in [0.29, 0.717) is 0 Å². The number of hydrogen-bond acceptors (Lipinski definition) is 2. The Morgan fingerprint density at radius 2 is 2.28 bits per heavy atom. The Labute approximate surface area is 109 Å². The van der Waals surface area contributed by atoms with Gasteiger partial charge in [-0.25, -0.2) is 0 Å². The van der Waals surface area contributed by atoms with Crippen LogP contribution in [-0.2, 0) is 13.0 Å². The van der Waals surface area contributed by atoms with E-state index < -0.39 is 0 Å². The molecule has 0 fully saturated rings. The molecule has 0 saturated heterocycles. The normalized spacial score (nSPS) is 21.7. The van der Waals surface area contributed by atoms with Crippen molar-refractivity contribution in [3.05, 3.63) is 41.5 Å². The second-order valence-corrected chi connectivity index (χ2v) is 5.41. The van der Waals surface area contributed by atoms with Gasteiger partial charge >= 0.3 is 0 Å². The zero-order valence-electron chi connectivity index (χ0n) is 10.9. The maximum absolute atomic E-state index is 3.63. The molecule has 1 atom stereocenters. The van der Waals surface area contributed by atoms with Crippen molar-refractivity contribution in [1.29, 1.82) is 0 Å². The molecule has 0 bridgehead atoms. The molecule has 2 N–H and O–H groups in total. The number of anilines is 1. The molecule has 0 amide bonds. The van der Waals surface area contributed by atoms with Crippen molar-refractivity contribution in [1.82, 2.24) is 5.32 Å². The highest BCUT2D eigenvalue weighted by molar-refractivity contribution is 5.61. The molecule has 3 rings (SSSR count). The monoisotopic (exact) mass is 242 g/mol. The second kappa shape index (κ2) is 5.57. The van der Waals surface area contributed by atoms with Crippen molar-refractivity contribution in [2.75, 3.05) is 18.4 Å².